The maximum Gasteiger partial charge on any atom is 0.231 e. The molecule has 1 aromatic heterocycles. The van der Waals surface area contributed by atoms with Crippen LogP contribution in [0.5, 0.6) is 28.9 Å². The van der Waals surface area contributed by atoms with E-state index in [-0.39, 0.29) is 6.79 Å². The molecule has 31 heavy (non-hydrogen) atoms. The lowest BCUT2D eigenvalue weighted by molar-refractivity contribution is 0.174. The molecule has 1 aliphatic rings. The van der Waals surface area contributed by atoms with E-state index in [0.29, 0.717) is 24.0 Å². The molecule has 0 spiro atoms. The van der Waals surface area contributed by atoms with Gasteiger partial charge in [0.25, 0.3) is 0 Å². The molecule has 2 heterocycles. The quantitative estimate of drug-likeness (QED) is 0.433. The maximum atomic E-state index is 6.15. The molecular weight excluding hydrogens is 396 g/mol. The number of ether oxygens (including phenoxy) is 5. The lowest BCUT2D eigenvalue weighted by Gasteiger charge is -2.16. The van der Waals surface area contributed by atoms with Gasteiger partial charge in [0.05, 0.1) is 19.7 Å². The SMILES string of the molecule is COc1cc2c(OCCN(C)C)nc3c4cc5c(cc4ccc3c2cc1OC)OCO5. The highest BCUT2D eigenvalue weighted by Gasteiger charge is 2.19. The lowest BCUT2D eigenvalue weighted by atomic mass is 10.0. The summed E-state index contributed by atoms with van der Waals surface area (Å²) < 4.78 is 28.4. The fourth-order valence-corrected chi connectivity index (χ4v) is 3.91. The van der Waals surface area contributed by atoms with Crippen molar-refractivity contribution in [2.75, 3.05) is 48.3 Å². The van der Waals surface area contributed by atoms with E-state index in [1.165, 1.54) is 0 Å². The van der Waals surface area contributed by atoms with Crippen LogP contribution in [0.15, 0.2) is 36.4 Å². The maximum absolute atomic E-state index is 6.15. The third-order valence-corrected chi connectivity index (χ3v) is 5.52. The van der Waals surface area contributed by atoms with Gasteiger partial charge in [0.1, 0.15) is 6.61 Å². The molecule has 7 heteroatoms. The number of pyridine rings is 1. The highest BCUT2D eigenvalue weighted by atomic mass is 16.7. The Morgan fingerprint density at radius 1 is 0.871 bits per heavy atom. The summed E-state index contributed by atoms with van der Waals surface area (Å²) in [5.74, 6) is 3.34. The number of methoxy groups -OCH3 is 2. The van der Waals surface area contributed by atoms with Crippen LogP contribution in [0.1, 0.15) is 0 Å². The first-order valence-corrected chi connectivity index (χ1v) is 10.1. The Labute approximate surface area is 180 Å². The molecular formula is C24H24N2O5. The van der Waals surface area contributed by atoms with Crippen LogP contribution in [0.2, 0.25) is 0 Å². The van der Waals surface area contributed by atoms with Gasteiger partial charge in [-0.15, -0.1) is 0 Å². The molecule has 0 atom stereocenters. The van der Waals surface area contributed by atoms with Crippen LogP contribution in [0.25, 0.3) is 32.4 Å². The Bertz CT molecular complexity index is 1300. The summed E-state index contributed by atoms with van der Waals surface area (Å²) in [5, 5.41) is 4.88. The first kappa shape index (κ1) is 19.5. The minimum atomic E-state index is 0.232. The van der Waals surface area contributed by atoms with E-state index in [0.717, 1.165) is 50.5 Å². The van der Waals surface area contributed by atoms with E-state index < -0.39 is 0 Å². The van der Waals surface area contributed by atoms with Gasteiger partial charge in [-0.2, -0.15) is 0 Å². The molecule has 0 amide bonds. The van der Waals surface area contributed by atoms with Gasteiger partial charge in [0, 0.05) is 28.1 Å². The topological polar surface area (TPSA) is 62.3 Å². The van der Waals surface area contributed by atoms with Gasteiger partial charge < -0.3 is 28.6 Å². The van der Waals surface area contributed by atoms with Crippen LogP contribution in [0, 0.1) is 0 Å². The van der Waals surface area contributed by atoms with E-state index in [1.807, 2.05) is 38.4 Å². The van der Waals surface area contributed by atoms with Crippen molar-refractivity contribution in [1.82, 2.24) is 9.88 Å². The second-order valence-electron chi connectivity index (χ2n) is 7.71. The smallest absolute Gasteiger partial charge is 0.231 e. The monoisotopic (exact) mass is 420 g/mol. The predicted molar refractivity (Wildman–Crippen MR) is 120 cm³/mol. The first-order chi connectivity index (χ1) is 15.1. The molecule has 0 bridgehead atoms. The summed E-state index contributed by atoms with van der Waals surface area (Å²) in [6.07, 6.45) is 0. The number of hydrogen-bond donors (Lipinski definition) is 0. The normalized spacial score (nSPS) is 12.8. The average Bonchev–Trinajstić information content (AvgIpc) is 3.23. The second kappa shape index (κ2) is 7.67. The molecule has 0 N–H and O–H groups in total. The van der Waals surface area contributed by atoms with Gasteiger partial charge in [-0.25, -0.2) is 4.98 Å². The van der Waals surface area contributed by atoms with Gasteiger partial charge in [-0.1, -0.05) is 12.1 Å². The van der Waals surface area contributed by atoms with Gasteiger partial charge in [0.2, 0.25) is 12.7 Å². The zero-order chi connectivity index (χ0) is 21.5. The Morgan fingerprint density at radius 3 is 2.29 bits per heavy atom. The second-order valence-corrected chi connectivity index (χ2v) is 7.71. The Morgan fingerprint density at radius 2 is 1.58 bits per heavy atom. The summed E-state index contributed by atoms with van der Waals surface area (Å²) in [6.45, 7) is 1.53. The number of likely N-dealkylation sites (N-methyl/N-ethyl adjacent to an activating group) is 1. The zero-order valence-corrected chi connectivity index (χ0v) is 18.0. The Kier molecular flexibility index (Phi) is 4.82. The standard InChI is InChI=1S/C24H24N2O5/c1-26(2)7-8-29-24-18-12-20(28-4)19(27-3)11-17(18)15-6-5-14-9-21-22(31-13-30-21)10-16(14)23(15)25-24/h5-6,9-12H,7-8,13H2,1-4H3. The van der Waals surface area contributed by atoms with E-state index >= 15 is 0 Å². The zero-order valence-electron chi connectivity index (χ0n) is 18.0. The van der Waals surface area contributed by atoms with Crippen LogP contribution in [-0.4, -0.2) is 58.1 Å². The minimum Gasteiger partial charge on any atom is -0.493 e. The summed E-state index contributed by atoms with van der Waals surface area (Å²) in [5.41, 5.74) is 0.843. The first-order valence-electron chi connectivity index (χ1n) is 10.1. The van der Waals surface area contributed by atoms with Crippen molar-refractivity contribution in [3.8, 4) is 28.9 Å². The molecule has 160 valence electrons. The molecule has 3 aromatic carbocycles. The molecule has 0 saturated carbocycles. The molecule has 0 radical (unpaired) electrons. The molecule has 0 saturated heterocycles. The van der Waals surface area contributed by atoms with Crippen LogP contribution in [0.3, 0.4) is 0 Å². The van der Waals surface area contributed by atoms with Crippen molar-refractivity contribution >= 4 is 32.4 Å². The number of fused-ring (bicyclic) bond motifs is 6. The highest BCUT2D eigenvalue weighted by molar-refractivity contribution is 6.17. The third-order valence-electron chi connectivity index (χ3n) is 5.52. The molecule has 0 unspecified atom stereocenters. The number of hydrogen-bond acceptors (Lipinski definition) is 7. The number of rotatable bonds is 6. The summed E-state index contributed by atoms with van der Waals surface area (Å²) >= 11 is 0. The Hall–Kier alpha value is -3.45. The number of nitrogens with zero attached hydrogens (tertiary/aromatic N) is 2. The third kappa shape index (κ3) is 3.31. The number of aromatic nitrogens is 1. The van der Waals surface area contributed by atoms with Crippen LogP contribution < -0.4 is 23.7 Å². The van der Waals surface area contributed by atoms with Crippen LogP contribution in [0.4, 0.5) is 0 Å². The minimum absolute atomic E-state index is 0.232. The van der Waals surface area contributed by atoms with Crippen LogP contribution >= 0.6 is 0 Å². The molecule has 5 rings (SSSR count). The summed E-state index contributed by atoms with van der Waals surface area (Å²) in [4.78, 5) is 7.02. The summed E-state index contributed by atoms with van der Waals surface area (Å²) in [6, 6.07) is 12.0. The summed E-state index contributed by atoms with van der Waals surface area (Å²) in [7, 11) is 7.29. The molecule has 0 aliphatic carbocycles. The average molecular weight is 420 g/mol. The van der Waals surface area contributed by atoms with E-state index in [1.54, 1.807) is 14.2 Å². The molecule has 4 aromatic rings. The molecule has 1 aliphatic heterocycles. The van der Waals surface area contributed by atoms with Crippen molar-refractivity contribution in [3.05, 3.63) is 36.4 Å². The molecule has 7 nitrogen and oxygen atoms in total. The van der Waals surface area contributed by atoms with Crippen molar-refractivity contribution in [1.29, 1.82) is 0 Å². The van der Waals surface area contributed by atoms with E-state index in [2.05, 4.69) is 17.0 Å². The van der Waals surface area contributed by atoms with Gasteiger partial charge >= 0.3 is 0 Å². The number of benzene rings is 3. The fraction of sp³-hybridized carbons (Fsp3) is 0.292. The van der Waals surface area contributed by atoms with E-state index in [4.69, 9.17) is 28.7 Å². The van der Waals surface area contributed by atoms with Crippen molar-refractivity contribution < 1.29 is 23.7 Å². The molecule has 0 fully saturated rings. The van der Waals surface area contributed by atoms with Crippen molar-refractivity contribution in [2.45, 2.75) is 0 Å². The fourth-order valence-electron chi connectivity index (χ4n) is 3.91. The van der Waals surface area contributed by atoms with Gasteiger partial charge in [0.15, 0.2) is 23.0 Å². The van der Waals surface area contributed by atoms with Crippen LogP contribution in [-0.2, 0) is 0 Å². The van der Waals surface area contributed by atoms with E-state index in [9.17, 15) is 0 Å². The predicted octanol–water partition coefficient (Wildman–Crippen LogP) is 4.23. The lowest BCUT2D eigenvalue weighted by Crippen LogP contribution is -2.19. The van der Waals surface area contributed by atoms with Gasteiger partial charge in [-0.05, 0) is 43.7 Å². The van der Waals surface area contributed by atoms with Crippen molar-refractivity contribution in [2.24, 2.45) is 0 Å². The van der Waals surface area contributed by atoms with Crippen molar-refractivity contribution in [3.63, 3.8) is 0 Å². The largest absolute Gasteiger partial charge is 0.493 e. The highest BCUT2D eigenvalue weighted by Crippen LogP contribution is 2.43. The Balaban J connectivity index is 1.80. The van der Waals surface area contributed by atoms with Gasteiger partial charge in [-0.3, -0.25) is 0 Å².